The van der Waals surface area contributed by atoms with Crippen molar-refractivity contribution < 1.29 is 9.59 Å². The number of fused-ring (bicyclic) bond motifs is 1. The fourth-order valence-corrected chi connectivity index (χ4v) is 4.85. The minimum absolute atomic E-state index is 0.0763. The summed E-state index contributed by atoms with van der Waals surface area (Å²) in [5, 5.41) is 3.62. The van der Waals surface area contributed by atoms with E-state index in [0.717, 1.165) is 36.8 Å². The van der Waals surface area contributed by atoms with Gasteiger partial charge in [0.05, 0.1) is 11.5 Å². The Labute approximate surface area is 152 Å². The van der Waals surface area contributed by atoms with Gasteiger partial charge in [0.1, 0.15) is 5.00 Å². The molecule has 2 aromatic rings. The third kappa shape index (κ3) is 3.76. The van der Waals surface area contributed by atoms with E-state index in [0.29, 0.717) is 17.0 Å². The topological polar surface area (TPSA) is 72.2 Å². The Morgan fingerprint density at radius 1 is 1.16 bits per heavy atom. The highest BCUT2D eigenvalue weighted by molar-refractivity contribution is 7.17. The molecule has 3 N–H and O–H groups in total. The quantitative estimate of drug-likeness (QED) is 0.786. The molecule has 1 aromatic heterocycles. The van der Waals surface area contributed by atoms with Gasteiger partial charge in [0.25, 0.3) is 5.91 Å². The van der Waals surface area contributed by atoms with Crippen LogP contribution < -0.4 is 11.1 Å². The van der Waals surface area contributed by atoms with Gasteiger partial charge in [0.2, 0.25) is 5.91 Å². The third-order valence-electron chi connectivity index (χ3n) is 4.83. The summed E-state index contributed by atoms with van der Waals surface area (Å²) >= 11 is 1.52. The minimum Gasteiger partial charge on any atom is -0.365 e. The van der Waals surface area contributed by atoms with Crippen LogP contribution >= 0.6 is 11.3 Å². The molecule has 2 amide bonds. The van der Waals surface area contributed by atoms with Gasteiger partial charge in [-0.1, -0.05) is 43.7 Å². The Morgan fingerprint density at radius 3 is 2.56 bits per heavy atom. The van der Waals surface area contributed by atoms with Crippen molar-refractivity contribution in [1.82, 2.24) is 0 Å². The van der Waals surface area contributed by atoms with Gasteiger partial charge < -0.3 is 11.1 Å². The molecule has 0 spiro atoms. The lowest BCUT2D eigenvalue weighted by molar-refractivity contribution is -0.117. The SMILES string of the molecule is CC[C@H](C(=O)Nc1sc2c(c1C(N)=O)CCCCC2)c1ccccc1. The molecule has 0 fully saturated rings. The number of hydrogen-bond donors (Lipinski definition) is 2. The van der Waals surface area contributed by atoms with Crippen molar-refractivity contribution in [3.05, 3.63) is 51.9 Å². The summed E-state index contributed by atoms with van der Waals surface area (Å²) in [6.45, 7) is 2.00. The molecule has 0 unspecified atom stereocenters. The number of anilines is 1. The molecule has 1 aliphatic carbocycles. The number of hydrogen-bond acceptors (Lipinski definition) is 3. The van der Waals surface area contributed by atoms with Crippen molar-refractivity contribution in [1.29, 1.82) is 0 Å². The van der Waals surface area contributed by atoms with Crippen molar-refractivity contribution in [3.63, 3.8) is 0 Å². The minimum atomic E-state index is -0.442. The summed E-state index contributed by atoms with van der Waals surface area (Å²) in [6, 6.07) is 9.75. The molecule has 4 nitrogen and oxygen atoms in total. The normalized spacial score (nSPS) is 15.1. The molecular weight excluding hydrogens is 332 g/mol. The molecular formula is C20H24N2O2S. The van der Waals surface area contributed by atoms with Crippen LogP contribution in [0.15, 0.2) is 30.3 Å². The molecule has 25 heavy (non-hydrogen) atoms. The first kappa shape index (κ1) is 17.7. The Hall–Kier alpha value is -2.14. The number of aryl methyl sites for hydroxylation is 1. The standard InChI is InChI=1S/C20H24N2O2S/c1-2-14(13-9-5-3-6-10-13)19(24)22-20-17(18(21)23)15-11-7-4-8-12-16(15)25-20/h3,5-6,9-10,14H,2,4,7-8,11-12H2,1H3,(H2,21,23)(H,22,24)/t14-/m0/s1. The van der Waals surface area contributed by atoms with E-state index in [1.54, 1.807) is 0 Å². The number of nitrogens with one attached hydrogen (secondary N) is 1. The fourth-order valence-electron chi connectivity index (χ4n) is 3.55. The number of rotatable bonds is 5. The first-order chi connectivity index (χ1) is 12.1. The molecule has 0 saturated carbocycles. The number of thiophene rings is 1. The Bertz CT molecular complexity index is 768. The summed E-state index contributed by atoms with van der Waals surface area (Å²) in [4.78, 5) is 26.1. The summed E-state index contributed by atoms with van der Waals surface area (Å²) < 4.78 is 0. The molecule has 132 valence electrons. The Balaban J connectivity index is 1.89. The van der Waals surface area contributed by atoms with Crippen LogP contribution in [0.4, 0.5) is 5.00 Å². The Morgan fingerprint density at radius 2 is 1.88 bits per heavy atom. The van der Waals surface area contributed by atoms with Crippen LogP contribution in [0.1, 0.15) is 64.9 Å². The van der Waals surface area contributed by atoms with Gasteiger partial charge in [-0.3, -0.25) is 9.59 Å². The smallest absolute Gasteiger partial charge is 0.251 e. The van der Waals surface area contributed by atoms with Gasteiger partial charge in [-0.15, -0.1) is 11.3 Å². The van der Waals surface area contributed by atoms with E-state index in [4.69, 9.17) is 5.73 Å². The average molecular weight is 356 g/mol. The molecule has 3 rings (SSSR count). The third-order valence-corrected chi connectivity index (χ3v) is 6.04. The first-order valence-corrected chi connectivity index (χ1v) is 9.73. The molecule has 1 aliphatic rings. The largest absolute Gasteiger partial charge is 0.365 e. The maximum absolute atomic E-state index is 12.8. The van der Waals surface area contributed by atoms with E-state index in [9.17, 15) is 9.59 Å². The lowest BCUT2D eigenvalue weighted by Crippen LogP contribution is -2.22. The van der Waals surface area contributed by atoms with Crippen molar-refractivity contribution >= 4 is 28.2 Å². The van der Waals surface area contributed by atoms with Crippen LogP contribution in [-0.4, -0.2) is 11.8 Å². The highest BCUT2D eigenvalue weighted by atomic mass is 32.1. The van der Waals surface area contributed by atoms with Crippen LogP contribution in [-0.2, 0) is 17.6 Å². The summed E-state index contributed by atoms with van der Waals surface area (Å²) in [6.07, 6.45) is 5.90. The second kappa shape index (κ2) is 7.83. The molecule has 0 bridgehead atoms. The van der Waals surface area contributed by atoms with Gasteiger partial charge in [0.15, 0.2) is 0 Å². The number of primary amides is 1. The molecule has 0 radical (unpaired) electrons. The first-order valence-electron chi connectivity index (χ1n) is 8.92. The summed E-state index contributed by atoms with van der Waals surface area (Å²) in [7, 11) is 0. The number of nitrogens with two attached hydrogens (primary N) is 1. The summed E-state index contributed by atoms with van der Waals surface area (Å²) in [5.74, 6) is -0.751. The zero-order valence-electron chi connectivity index (χ0n) is 14.5. The monoisotopic (exact) mass is 356 g/mol. The van der Waals surface area contributed by atoms with Crippen LogP contribution in [0.3, 0.4) is 0 Å². The Kier molecular flexibility index (Phi) is 5.53. The molecule has 0 saturated heterocycles. The van der Waals surface area contributed by atoms with Crippen molar-refractivity contribution in [2.24, 2.45) is 5.73 Å². The molecule has 1 aromatic carbocycles. The van der Waals surface area contributed by atoms with E-state index in [1.165, 1.54) is 22.6 Å². The lowest BCUT2D eigenvalue weighted by Gasteiger charge is -2.15. The molecule has 0 aliphatic heterocycles. The molecule has 5 heteroatoms. The van der Waals surface area contributed by atoms with E-state index in [2.05, 4.69) is 5.32 Å². The van der Waals surface area contributed by atoms with Gasteiger partial charge in [-0.2, -0.15) is 0 Å². The number of benzene rings is 1. The van der Waals surface area contributed by atoms with Crippen LogP contribution in [0.2, 0.25) is 0 Å². The van der Waals surface area contributed by atoms with Crippen molar-refractivity contribution in [3.8, 4) is 0 Å². The van der Waals surface area contributed by atoms with E-state index in [1.807, 2.05) is 37.3 Å². The van der Waals surface area contributed by atoms with Crippen LogP contribution in [0, 0.1) is 0 Å². The maximum atomic E-state index is 12.8. The molecule has 1 heterocycles. The number of amides is 2. The number of carbonyl (C=O) groups is 2. The lowest BCUT2D eigenvalue weighted by atomic mass is 9.95. The highest BCUT2D eigenvalue weighted by Gasteiger charge is 2.26. The zero-order valence-corrected chi connectivity index (χ0v) is 15.3. The zero-order chi connectivity index (χ0) is 17.8. The summed E-state index contributed by atoms with van der Waals surface area (Å²) in [5.41, 5.74) is 8.21. The van der Waals surface area contributed by atoms with E-state index in [-0.39, 0.29) is 11.8 Å². The fraction of sp³-hybridized carbons (Fsp3) is 0.400. The van der Waals surface area contributed by atoms with Gasteiger partial charge in [-0.25, -0.2) is 0 Å². The number of carbonyl (C=O) groups excluding carboxylic acids is 2. The van der Waals surface area contributed by atoms with Crippen molar-refractivity contribution in [2.75, 3.05) is 5.32 Å². The second-order valence-corrected chi connectivity index (χ2v) is 7.60. The van der Waals surface area contributed by atoms with Crippen LogP contribution in [0.25, 0.3) is 0 Å². The highest BCUT2D eigenvalue weighted by Crippen LogP contribution is 2.38. The van der Waals surface area contributed by atoms with E-state index >= 15 is 0 Å². The van der Waals surface area contributed by atoms with E-state index < -0.39 is 5.91 Å². The van der Waals surface area contributed by atoms with Gasteiger partial charge in [0, 0.05) is 4.88 Å². The van der Waals surface area contributed by atoms with Gasteiger partial charge >= 0.3 is 0 Å². The predicted molar refractivity (Wildman–Crippen MR) is 102 cm³/mol. The van der Waals surface area contributed by atoms with Crippen LogP contribution in [0.5, 0.6) is 0 Å². The molecule has 1 atom stereocenters. The average Bonchev–Trinajstić information content (AvgIpc) is 2.78. The maximum Gasteiger partial charge on any atom is 0.251 e. The van der Waals surface area contributed by atoms with Gasteiger partial charge in [-0.05, 0) is 43.2 Å². The second-order valence-electron chi connectivity index (χ2n) is 6.49. The van der Waals surface area contributed by atoms with Crippen molar-refractivity contribution in [2.45, 2.75) is 51.4 Å². The predicted octanol–water partition coefficient (Wildman–Crippen LogP) is 4.25.